The second kappa shape index (κ2) is 9.68. The third-order valence-electron chi connectivity index (χ3n) is 3.75. The number of carbonyl (C=O) groups excluding carboxylic acids is 2. The van der Waals surface area contributed by atoms with Gasteiger partial charge in [-0.1, -0.05) is 26.2 Å². The molecule has 0 spiro atoms. The van der Waals surface area contributed by atoms with Crippen molar-refractivity contribution in [2.75, 3.05) is 13.7 Å². The van der Waals surface area contributed by atoms with Gasteiger partial charge in [-0.2, -0.15) is 0 Å². The number of unbranched alkanes of at least 4 members (excludes halogenated alkanes) is 3. The van der Waals surface area contributed by atoms with Gasteiger partial charge in [-0.05, 0) is 58.3 Å². The first-order chi connectivity index (χ1) is 12.5. The monoisotopic (exact) mass is 440 g/mol. The predicted molar refractivity (Wildman–Crippen MR) is 107 cm³/mol. The molecule has 0 bridgehead atoms. The SMILES string of the molecule is CCCCCCOc1c(Br)cc(C=C2C(=O)NC(=S)NC2=O)cc1OC. The molecule has 1 aromatic carbocycles. The average Bonchev–Trinajstić information content (AvgIpc) is 2.59. The van der Waals surface area contributed by atoms with Crippen LogP contribution in [0.15, 0.2) is 22.2 Å². The molecule has 1 saturated heterocycles. The highest BCUT2D eigenvalue weighted by Gasteiger charge is 2.26. The molecule has 8 heteroatoms. The first kappa shape index (κ1) is 20.4. The van der Waals surface area contributed by atoms with Crippen LogP contribution in [-0.4, -0.2) is 30.6 Å². The Bertz CT molecular complexity index is 727. The van der Waals surface area contributed by atoms with E-state index in [2.05, 4.69) is 33.5 Å². The Hall–Kier alpha value is -1.93. The van der Waals surface area contributed by atoms with E-state index in [-0.39, 0.29) is 10.7 Å². The van der Waals surface area contributed by atoms with Crippen LogP contribution >= 0.6 is 28.1 Å². The van der Waals surface area contributed by atoms with Crippen molar-refractivity contribution in [2.24, 2.45) is 0 Å². The smallest absolute Gasteiger partial charge is 0.263 e. The van der Waals surface area contributed by atoms with Crippen molar-refractivity contribution >= 4 is 51.2 Å². The Morgan fingerprint density at radius 2 is 1.85 bits per heavy atom. The molecule has 26 heavy (non-hydrogen) atoms. The molecule has 0 atom stereocenters. The molecular formula is C18H21BrN2O4S. The zero-order valence-electron chi connectivity index (χ0n) is 14.7. The molecule has 1 aromatic rings. The van der Waals surface area contributed by atoms with Crippen LogP contribution in [0.5, 0.6) is 11.5 Å². The third-order valence-corrected chi connectivity index (χ3v) is 4.54. The summed E-state index contributed by atoms with van der Waals surface area (Å²) >= 11 is 8.26. The largest absolute Gasteiger partial charge is 0.493 e. The van der Waals surface area contributed by atoms with Crippen LogP contribution in [0, 0.1) is 0 Å². The lowest BCUT2D eigenvalue weighted by atomic mass is 10.1. The fourth-order valence-electron chi connectivity index (χ4n) is 2.44. The maximum atomic E-state index is 12.0. The van der Waals surface area contributed by atoms with Gasteiger partial charge in [0.2, 0.25) is 0 Å². The third kappa shape index (κ3) is 5.28. The molecule has 1 fully saturated rings. The Morgan fingerprint density at radius 1 is 1.15 bits per heavy atom. The van der Waals surface area contributed by atoms with Gasteiger partial charge in [0.15, 0.2) is 16.6 Å². The highest BCUT2D eigenvalue weighted by Crippen LogP contribution is 2.37. The van der Waals surface area contributed by atoms with Crippen LogP contribution in [0.4, 0.5) is 0 Å². The molecule has 0 unspecified atom stereocenters. The molecule has 1 aliphatic heterocycles. The number of methoxy groups -OCH3 is 1. The molecule has 0 saturated carbocycles. The van der Waals surface area contributed by atoms with Gasteiger partial charge in [0.25, 0.3) is 11.8 Å². The maximum Gasteiger partial charge on any atom is 0.263 e. The van der Waals surface area contributed by atoms with E-state index in [4.69, 9.17) is 21.7 Å². The number of thiocarbonyl (C=S) groups is 1. The quantitative estimate of drug-likeness (QED) is 0.280. The number of rotatable bonds is 8. The summed E-state index contributed by atoms with van der Waals surface area (Å²) < 4.78 is 11.9. The van der Waals surface area contributed by atoms with Crippen LogP contribution in [0.1, 0.15) is 38.2 Å². The summed E-state index contributed by atoms with van der Waals surface area (Å²) in [5.41, 5.74) is 0.598. The Balaban J connectivity index is 2.20. The number of nitrogens with one attached hydrogen (secondary N) is 2. The molecule has 0 aromatic heterocycles. The number of benzene rings is 1. The van der Waals surface area contributed by atoms with E-state index < -0.39 is 11.8 Å². The molecule has 1 aliphatic rings. The van der Waals surface area contributed by atoms with Crippen molar-refractivity contribution in [1.82, 2.24) is 10.6 Å². The zero-order chi connectivity index (χ0) is 19.1. The van der Waals surface area contributed by atoms with E-state index in [1.807, 2.05) is 0 Å². The highest BCUT2D eigenvalue weighted by atomic mass is 79.9. The minimum atomic E-state index is -0.537. The van der Waals surface area contributed by atoms with Crippen molar-refractivity contribution in [3.05, 3.63) is 27.7 Å². The fourth-order valence-corrected chi connectivity index (χ4v) is 3.20. The fraction of sp³-hybridized carbons (Fsp3) is 0.389. The second-order valence-electron chi connectivity index (χ2n) is 5.74. The summed E-state index contributed by atoms with van der Waals surface area (Å²) in [6, 6.07) is 3.48. The molecule has 0 aliphatic carbocycles. The summed E-state index contributed by atoms with van der Waals surface area (Å²) in [6.07, 6.45) is 5.91. The van der Waals surface area contributed by atoms with E-state index in [9.17, 15) is 9.59 Å². The van der Waals surface area contributed by atoms with E-state index in [0.29, 0.717) is 28.1 Å². The van der Waals surface area contributed by atoms with Crippen molar-refractivity contribution in [3.8, 4) is 11.5 Å². The van der Waals surface area contributed by atoms with Gasteiger partial charge in [0, 0.05) is 0 Å². The molecule has 140 valence electrons. The van der Waals surface area contributed by atoms with E-state index in [1.54, 1.807) is 19.2 Å². The first-order valence-corrected chi connectivity index (χ1v) is 9.55. The first-order valence-electron chi connectivity index (χ1n) is 8.35. The summed E-state index contributed by atoms with van der Waals surface area (Å²) in [5.74, 6) is 0.0499. The Labute approximate surface area is 166 Å². The van der Waals surface area contributed by atoms with Crippen molar-refractivity contribution in [2.45, 2.75) is 32.6 Å². The number of carbonyl (C=O) groups is 2. The second-order valence-corrected chi connectivity index (χ2v) is 7.00. The van der Waals surface area contributed by atoms with Crippen LogP contribution in [-0.2, 0) is 9.59 Å². The lowest BCUT2D eigenvalue weighted by molar-refractivity contribution is -0.123. The van der Waals surface area contributed by atoms with Crippen LogP contribution in [0.2, 0.25) is 0 Å². The summed E-state index contributed by atoms with van der Waals surface area (Å²) in [5, 5.41) is 4.81. The van der Waals surface area contributed by atoms with Gasteiger partial charge < -0.3 is 9.47 Å². The molecule has 1 heterocycles. The van der Waals surface area contributed by atoms with Crippen molar-refractivity contribution < 1.29 is 19.1 Å². The van der Waals surface area contributed by atoms with Gasteiger partial charge in [-0.3, -0.25) is 20.2 Å². The van der Waals surface area contributed by atoms with Crippen LogP contribution in [0.3, 0.4) is 0 Å². The van der Waals surface area contributed by atoms with Crippen LogP contribution < -0.4 is 20.1 Å². The standard InChI is InChI=1S/C18H21BrN2O4S/c1-3-4-5-6-7-25-15-13(19)9-11(10-14(15)24-2)8-12-16(22)20-18(26)21-17(12)23/h8-10H,3-7H2,1-2H3,(H2,20,21,22,23,26). The number of halogens is 1. The van der Waals surface area contributed by atoms with E-state index in [0.717, 1.165) is 12.8 Å². The zero-order valence-corrected chi connectivity index (χ0v) is 17.1. The molecule has 6 nitrogen and oxygen atoms in total. The molecule has 0 radical (unpaired) electrons. The average molecular weight is 441 g/mol. The topological polar surface area (TPSA) is 76.7 Å². The highest BCUT2D eigenvalue weighted by molar-refractivity contribution is 9.10. The molecule has 2 amide bonds. The normalized spacial score (nSPS) is 14.0. The summed E-state index contributed by atoms with van der Waals surface area (Å²) in [6.45, 7) is 2.76. The van der Waals surface area contributed by atoms with Gasteiger partial charge in [-0.25, -0.2) is 0 Å². The molecule has 2 rings (SSSR count). The van der Waals surface area contributed by atoms with Crippen LogP contribution in [0.25, 0.3) is 6.08 Å². The van der Waals surface area contributed by atoms with Gasteiger partial charge in [-0.15, -0.1) is 0 Å². The number of hydrogen-bond donors (Lipinski definition) is 2. The lowest BCUT2D eigenvalue weighted by Gasteiger charge is -2.17. The predicted octanol–water partition coefficient (Wildman–Crippen LogP) is 3.33. The lowest BCUT2D eigenvalue weighted by Crippen LogP contribution is -2.51. The number of amides is 2. The molecule has 2 N–H and O–H groups in total. The number of ether oxygens (including phenoxy) is 2. The minimum Gasteiger partial charge on any atom is -0.493 e. The van der Waals surface area contributed by atoms with Gasteiger partial charge in [0.1, 0.15) is 5.57 Å². The summed E-state index contributed by atoms with van der Waals surface area (Å²) in [4.78, 5) is 23.9. The number of hydrogen-bond acceptors (Lipinski definition) is 5. The minimum absolute atomic E-state index is 0.00253. The van der Waals surface area contributed by atoms with Crippen molar-refractivity contribution in [1.29, 1.82) is 0 Å². The van der Waals surface area contributed by atoms with Gasteiger partial charge in [0.05, 0.1) is 18.2 Å². The summed E-state index contributed by atoms with van der Waals surface area (Å²) in [7, 11) is 1.54. The van der Waals surface area contributed by atoms with E-state index in [1.165, 1.54) is 18.9 Å². The molecular weight excluding hydrogens is 420 g/mol. The maximum absolute atomic E-state index is 12.0. The Morgan fingerprint density at radius 3 is 2.46 bits per heavy atom. The van der Waals surface area contributed by atoms with E-state index >= 15 is 0 Å². The Kier molecular flexibility index (Phi) is 7.59. The van der Waals surface area contributed by atoms with Gasteiger partial charge >= 0.3 is 0 Å². The van der Waals surface area contributed by atoms with Crippen molar-refractivity contribution in [3.63, 3.8) is 0 Å².